The largest absolute Gasteiger partial charge is 0.370 e. The summed E-state index contributed by atoms with van der Waals surface area (Å²) in [5, 5.41) is 20.4. The number of guanidine groups is 1. The number of hydrogen-bond acceptors (Lipinski definition) is 5. The van der Waals surface area contributed by atoms with E-state index in [-0.39, 0.29) is 35.8 Å². The molecule has 0 unspecified atom stereocenters. The van der Waals surface area contributed by atoms with E-state index >= 15 is 0 Å². The maximum Gasteiger partial charge on any atom is 0.239 e. The average molecular weight is 582 g/mol. The van der Waals surface area contributed by atoms with E-state index in [9.17, 15) is 9.59 Å². The molecule has 0 aliphatic carbocycles. The zero-order chi connectivity index (χ0) is 30.0. The van der Waals surface area contributed by atoms with Crippen molar-refractivity contribution in [2.24, 2.45) is 5.73 Å². The van der Waals surface area contributed by atoms with Gasteiger partial charge in [0.2, 0.25) is 11.8 Å². The first-order chi connectivity index (χ1) is 21.0. The molecule has 0 bridgehead atoms. The first-order valence-corrected chi connectivity index (χ1v) is 15.3. The second-order valence-electron chi connectivity index (χ2n) is 11.5. The summed E-state index contributed by atoms with van der Waals surface area (Å²) < 4.78 is 0. The second kappa shape index (κ2) is 14.8. The van der Waals surface area contributed by atoms with Gasteiger partial charge in [0, 0.05) is 44.7 Å². The molecule has 0 saturated carbocycles. The van der Waals surface area contributed by atoms with Gasteiger partial charge in [0.05, 0.1) is 12.1 Å². The van der Waals surface area contributed by atoms with Crippen LogP contribution < -0.4 is 27.0 Å². The Morgan fingerprint density at radius 2 is 1.60 bits per heavy atom. The summed E-state index contributed by atoms with van der Waals surface area (Å²) in [6, 6.07) is 28.2. The van der Waals surface area contributed by atoms with E-state index in [0.717, 1.165) is 6.42 Å². The van der Waals surface area contributed by atoms with Gasteiger partial charge in [0.25, 0.3) is 0 Å². The quantitative estimate of drug-likeness (QED) is 0.117. The summed E-state index contributed by atoms with van der Waals surface area (Å²) in [7, 11) is 0. The summed E-state index contributed by atoms with van der Waals surface area (Å²) >= 11 is 0. The monoisotopic (exact) mass is 581 g/mol. The van der Waals surface area contributed by atoms with Crippen LogP contribution in [0.3, 0.4) is 0 Å². The molecule has 9 heteroatoms. The maximum atomic E-state index is 14.0. The van der Waals surface area contributed by atoms with Crippen LogP contribution in [0.4, 0.5) is 0 Å². The fourth-order valence-electron chi connectivity index (χ4n) is 6.14. The van der Waals surface area contributed by atoms with E-state index in [0.29, 0.717) is 52.0 Å². The zero-order valence-electron chi connectivity index (χ0n) is 24.6. The van der Waals surface area contributed by atoms with Gasteiger partial charge < -0.3 is 31.9 Å². The van der Waals surface area contributed by atoms with Gasteiger partial charge in [0.15, 0.2) is 5.96 Å². The molecule has 2 heterocycles. The third kappa shape index (κ3) is 8.21. The van der Waals surface area contributed by atoms with Gasteiger partial charge in [-0.25, -0.2) is 0 Å². The van der Waals surface area contributed by atoms with Gasteiger partial charge in [-0.1, -0.05) is 84.9 Å². The Labute approximate surface area is 254 Å². The number of nitrogens with two attached hydrogens (primary N) is 1. The molecular weight excluding hydrogens is 538 g/mol. The van der Waals surface area contributed by atoms with Gasteiger partial charge in [-0.15, -0.1) is 0 Å². The van der Waals surface area contributed by atoms with Crippen molar-refractivity contribution >= 4 is 17.8 Å². The average Bonchev–Trinajstić information content (AvgIpc) is 3.19. The maximum absolute atomic E-state index is 14.0. The van der Waals surface area contributed by atoms with Gasteiger partial charge in [0.1, 0.15) is 0 Å². The van der Waals surface area contributed by atoms with E-state index < -0.39 is 6.04 Å². The van der Waals surface area contributed by atoms with Crippen LogP contribution in [0.5, 0.6) is 0 Å². The Bertz CT molecular complexity index is 1330. The van der Waals surface area contributed by atoms with Crippen molar-refractivity contribution in [3.05, 3.63) is 107 Å². The number of rotatable bonds is 11. The van der Waals surface area contributed by atoms with Crippen molar-refractivity contribution < 1.29 is 9.59 Å². The third-order valence-electron chi connectivity index (χ3n) is 8.51. The molecule has 0 spiro atoms. The molecule has 1 saturated heterocycles. The van der Waals surface area contributed by atoms with Crippen LogP contribution in [0.15, 0.2) is 84.9 Å². The highest BCUT2D eigenvalue weighted by atomic mass is 16.2. The number of amides is 2. The fourth-order valence-corrected chi connectivity index (χ4v) is 6.14. The van der Waals surface area contributed by atoms with E-state index in [1.807, 2.05) is 53.4 Å². The Hall–Kier alpha value is -4.21. The number of carbonyl (C=O) groups is 2. The summed E-state index contributed by atoms with van der Waals surface area (Å²) in [5.41, 5.74) is 10.3. The lowest BCUT2D eigenvalue weighted by atomic mass is 9.90. The first kappa shape index (κ1) is 30.3. The molecule has 226 valence electrons. The van der Waals surface area contributed by atoms with Gasteiger partial charge in [-0.3, -0.25) is 15.0 Å². The SMILES string of the molecule is N=C(N)NCCC[C@@H]1N[C@H](CNC(=O)[C@H]2Cc3ccccc3CN2)CCN(CC(c2ccccc2)c2ccccc2)C1=O. The summed E-state index contributed by atoms with van der Waals surface area (Å²) in [4.78, 5) is 29.1. The second-order valence-corrected chi connectivity index (χ2v) is 11.5. The number of hydrogen-bond donors (Lipinski definition) is 6. The van der Waals surface area contributed by atoms with Crippen molar-refractivity contribution in [2.45, 2.75) is 56.3 Å². The fraction of sp³-hybridized carbons (Fsp3) is 0.382. The predicted molar refractivity (Wildman–Crippen MR) is 170 cm³/mol. The van der Waals surface area contributed by atoms with Crippen molar-refractivity contribution in [3.63, 3.8) is 0 Å². The number of nitrogens with one attached hydrogen (secondary N) is 5. The molecular formula is C34H43N7O2. The third-order valence-corrected chi connectivity index (χ3v) is 8.51. The lowest BCUT2D eigenvalue weighted by Crippen LogP contribution is -2.52. The lowest BCUT2D eigenvalue weighted by molar-refractivity contribution is -0.133. The molecule has 1 fully saturated rings. The number of nitrogens with zero attached hydrogens (tertiary/aromatic N) is 1. The highest BCUT2D eigenvalue weighted by molar-refractivity contribution is 5.83. The van der Waals surface area contributed by atoms with E-state index in [4.69, 9.17) is 11.1 Å². The Balaban J connectivity index is 1.27. The number of carbonyl (C=O) groups excluding carboxylic acids is 2. The molecule has 2 amide bonds. The van der Waals surface area contributed by atoms with Crippen molar-refractivity contribution in [3.8, 4) is 0 Å². The summed E-state index contributed by atoms with van der Waals surface area (Å²) in [6.07, 6.45) is 2.68. The summed E-state index contributed by atoms with van der Waals surface area (Å²) in [5.74, 6) is 0.0241. The topological polar surface area (TPSA) is 135 Å². The normalized spacial score (nSPS) is 20.3. The molecule has 3 aromatic rings. The Morgan fingerprint density at radius 1 is 0.953 bits per heavy atom. The standard InChI is InChI=1S/C34H43N7O2/c35-34(36)37-18-9-16-30-33(43)41(23-29(24-10-3-1-4-11-24)25-12-5-2-6-13-25)19-17-28(40-30)22-39-32(42)31-20-26-14-7-8-15-27(26)21-38-31/h1-8,10-15,28-31,38,40H,9,16-23H2,(H,39,42)(H4,35,36,37)/t28-,30-,31+/m0/s1. The van der Waals surface area contributed by atoms with Crippen LogP contribution in [0, 0.1) is 5.41 Å². The van der Waals surface area contributed by atoms with Crippen LogP contribution >= 0.6 is 0 Å². The van der Waals surface area contributed by atoms with Crippen molar-refractivity contribution in [2.75, 3.05) is 26.2 Å². The number of fused-ring (bicyclic) bond motifs is 1. The van der Waals surface area contributed by atoms with Gasteiger partial charge in [-0.2, -0.15) is 0 Å². The van der Waals surface area contributed by atoms with Crippen molar-refractivity contribution in [1.82, 2.24) is 26.2 Å². The Morgan fingerprint density at radius 3 is 2.28 bits per heavy atom. The van der Waals surface area contributed by atoms with Crippen LogP contribution in [-0.4, -0.2) is 67.0 Å². The summed E-state index contributed by atoms with van der Waals surface area (Å²) in [6.45, 7) is 2.82. The van der Waals surface area contributed by atoms with Crippen molar-refractivity contribution in [1.29, 1.82) is 5.41 Å². The van der Waals surface area contributed by atoms with Crippen LogP contribution in [0.2, 0.25) is 0 Å². The molecule has 0 radical (unpaired) electrons. The first-order valence-electron chi connectivity index (χ1n) is 15.3. The van der Waals surface area contributed by atoms with E-state index in [1.165, 1.54) is 22.3 Å². The molecule has 2 aliphatic heterocycles. The molecule has 0 aromatic heterocycles. The van der Waals surface area contributed by atoms with Gasteiger partial charge >= 0.3 is 0 Å². The van der Waals surface area contributed by atoms with Crippen LogP contribution in [0.25, 0.3) is 0 Å². The number of benzene rings is 3. The highest BCUT2D eigenvalue weighted by Crippen LogP contribution is 2.27. The van der Waals surface area contributed by atoms with Gasteiger partial charge in [-0.05, 0) is 47.9 Å². The Kier molecular flexibility index (Phi) is 10.4. The minimum absolute atomic E-state index is 0.0147. The zero-order valence-corrected chi connectivity index (χ0v) is 24.6. The molecule has 3 atom stereocenters. The van der Waals surface area contributed by atoms with E-state index in [1.54, 1.807) is 0 Å². The molecule has 7 N–H and O–H groups in total. The molecule has 43 heavy (non-hydrogen) atoms. The predicted octanol–water partition coefficient (Wildman–Crippen LogP) is 2.47. The smallest absolute Gasteiger partial charge is 0.239 e. The van der Waals surface area contributed by atoms with Crippen LogP contribution in [-0.2, 0) is 22.6 Å². The highest BCUT2D eigenvalue weighted by Gasteiger charge is 2.33. The molecule has 2 aliphatic rings. The minimum atomic E-state index is -0.398. The molecule has 5 rings (SSSR count). The lowest BCUT2D eigenvalue weighted by Gasteiger charge is -2.29. The van der Waals surface area contributed by atoms with Crippen LogP contribution in [0.1, 0.15) is 47.4 Å². The van der Waals surface area contributed by atoms with E-state index in [2.05, 4.69) is 57.7 Å². The minimum Gasteiger partial charge on any atom is -0.370 e. The molecule has 3 aromatic carbocycles. The molecule has 9 nitrogen and oxygen atoms in total.